The number of nitrogens with two attached hydrogens (primary N) is 1. The number of likely N-dealkylation sites (tertiary alicyclic amines) is 1. The van der Waals surface area contributed by atoms with Gasteiger partial charge in [0.05, 0.1) is 13.7 Å². The first-order valence-electron chi connectivity index (χ1n) is 7.91. The highest BCUT2D eigenvalue weighted by Crippen LogP contribution is 2.31. The fourth-order valence-electron chi connectivity index (χ4n) is 2.89. The monoisotopic (exact) mass is 314 g/mol. The van der Waals surface area contributed by atoms with Crippen molar-refractivity contribution in [2.75, 3.05) is 20.2 Å². The average molecular weight is 314 g/mol. The summed E-state index contributed by atoms with van der Waals surface area (Å²) in [6.07, 6.45) is 3.55. The highest BCUT2D eigenvalue weighted by Gasteiger charge is 2.18. The van der Waals surface area contributed by atoms with Crippen molar-refractivity contribution in [3.05, 3.63) is 35.6 Å². The van der Waals surface area contributed by atoms with Crippen molar-refractivity contribution in [3.63, 3.8) is 0 Å². The Morgan fingerprint density at radius 3 is 2.74 bits per heavy atom. The first kappa shape index (κ1) is 15.6. The third kappa shape index (κ3) is 3.22. The zero-order chi connectivity index (χ0) is 16.2. The number of hydrogen-bond donors (Lipinski definition) is 2. The molecule has 1 fully saturated rings. The van der Waals surface area contributed by atoms with Crippen LogP contribution in [-0.2, 0) is 6.54 Å². The molecule has 122 valence electrons. The number of aromatic nitrogens is 1. The lowest BCUT2D eigenvalue weighted by Gasteiger charge is -2.29. The quantitative estimate of drug-likeness (QED) is 0.669. The number of ether oxygens (including phenoxy) is 1. The molecule has 6 heteroatoms. The summed E-state index contributed by atoms with van der Waals surface area (Å²) in [6.45, 7) is 2.21. The lowest BCUT2D eigenvalue weighted by molar-refractivity contribution is 0.341. The smallest absolute Gasteiger partial charge is 0.150 e. The second kappa shape index (κ2) is 6.83. The zero-order valence-electron chi connectivity index (χ0n) is 13.3. The molecule has 23 heavy (non-hydrogen) atoms. The highest BCUT2D eigenvalue weighted by molar-refractivity contribution is 5.97. The predicted octanol–water partition coefficient (Wildman–Crippen LogP) is 2.62. The Labute approximate surface area is 135 Å². The van der Waals surface area contributed by atoms with Crippen molar-refractivity contribution in [2.24, 2.45) is 5.73 Å². The second-order valence-electron chi connectivity index (χ2n) is 5.69. The standard InChI is InChI=1S/C17H22N4O2/c1-22-16-9-12(17(19)21-7-3-2-4-8-21)5-6-14(16)15-10-13(11-18)23-20-15/h5-6,9-10,19H,2-4,7-8,11,18H2,1H3. The van der Waals surface area contributed by atoms with E-state index < -0.39 is 0 Å². The van der Waals surface area contributed by atoms with Crippen molar-refractivity contribution in [3.8, 4) is 17.0 Å². The number of nitrogens with zero attached hydrogens (tertiary/aromatic N) is 2. The van der Waals surface area contributed by atoms with Crippen molar-refractivity contribution < 1.29 is 9.26 Å². The molecule has 1 aromatic carbocycles. The van der Waals surface area contributed by atoms with Crippen LogP contribution < -0.4 is 10.5 Å². The first-order valence-corrected chi connectivity index (χ1v) is 7.91. The van der Waals surface area contributed by atoms with Gasteiger partial charge in [-0.05, 0) is 31.4 Å². The summed E-state index contributed by atoms with van der Waals surface area (Å²) >= 11 is 0. The van der Waals surface area contributed by atoms with Crippen LogP contribution in [0.4, 0.5) is 0 Å². The number of hydrogen-bond acceptors (Lipinski definition) is 5. The fourth-order valence-corrected chi connectivity index (χ4v) is 2.89. The maximum Gasteiger partial charge on any atom is 0.150 e. The molecule has 2 aromatic rings. The van der Waals surface area contributed by atoms with Crippen LogP contribution in [0.25, 0.3) is 11.3 Å². The van der Waals surface area contributed by atoms with Gasteiger partial charge in [-0.15, -0.1) is 0 Å². The molecule has 6 nitrogen and oxygen atoms in total. The Kier molecular flexibility index (Phi) is 4.62. The number of piperidine rings is 1. The van der Waals surface area contributed by atoms with Crippen LogP contribution in [0.5, 0.6) is 5.75 Å². The summed E-state index contributed by atoms with van der Waals surface area (Å²) in [6, 6.07) is 7.56. The Hall–Kier alpha value is -2.34. The van der Waals surface area contributed by atoms with Gasteiger partial charge in [-0.3, -0.25) is 5.41 Å². The molecule has 0 radical (unpaired) electrons. The van der Waals surface area contributed by atoms with Crippen molar-refractivity contribution >= 4 is 5.84 Å². The number of benzene rings is 1. The number of rotatable bonds is 4. The zero-order valence-corrected chi connectivity index (χ0v) is 13.3. The molecule has 3 N–H and O–H groups in total. The van der Waals surface area contributed by atoms with E-state index in [2.05, 4.69) is 10.1 Å². The van der Waals surface area contributed by atoms with Crippen LogP contribution in [-0.4, -0.2) is 36.1 Å². The number of amidine groups is 1. The Morgan fingerprint density at radius 2 is 2.09 bits per heavy atom. The van der Waals surface area contributed by atoms with Crippen LogP contribution >= 0.6 is 0 Å². The van der Waals surface area contributed by atoms with E-state index in [1.165, 1.54) is 6.42 Å². The predicted molar refractivity (Wildman–Crippen MR) is 88.6 cm³/mol. The van der Waals surface area contributed by atoms with Gasteiger partial charge in [-0.1, -0.05) is 11.2 Å². The summed E-state index contributed by atoms with van der Waals surface area (Å²) in [7, 11) is 1.62. The number of methoxy groups -OCH3 is 1. The molecule has 0 unspecified atom stereocenters. The van der Waals surface area contributed by atoms with Crippen LogP contribution in [0.1, 0.15) is 30.6 Å². The molecule has 0 spiro atoms. The summed E-state index contributed by atoms with van der Waals surface area (Å²) in [5.74, 6) is 1.87. The van der Waals surface area contributed by atoms with E-state index in [0.717, 1.165) is 37.1 Å². The van der Waals surface area contributed by atoms with Crippen LogP contribution in [0.2, 0.25) is 0 Å². The third-order valence-electron chi connectivity index (χ3n) is 4.18. The summed E-state index contributed by atoms with van der Waals surface area (Å²) < 4.78 is 10.7. The minimum atomic E-state index is 0.313. The van der Waals surface area contributed by atoms with E-state index in [4.69, 9.17) is 20.4 Å². The SMILES string of the molecule is COc1cc(C(=N)N2CCCCC2)ccc1-c1cc(CN)on1. The largest absolute Gasteiger partial charge is 0.496 e. The van der Waals surface area contributed by atoms with E-state index in [1.807, 2.05) is 24.3 Å². The second-order valence-corrected chi connectivity index (χ2v) is 5.69. The van der Waals surface area contributed by atoms with Gasteiger partial charge in [-0.25, -0.2) is 0 Å². The van der Waals surface area contributed by atoms with Gasteiger partial charge >= 0.3 is 0 Å². The first-order chi connectivity index (χ1) is 11.2. The maximum absolute atomic E-state index is 8.42. The summed E-state index contributed by atoms with van der Waals surface area (Å²) in [4.78, 5) is 2.13. The van der Waals surface area contributed by atoms with Gasteiger partial charge in [0.15, 0.2) is 5.76 Å². The van der Waals surface area contributed by atoms with Gasteiger partial charge in [0.1, 0.15) is 17.3 Å². The van der Waals surface area contributed by atoms with Crippen molar-refractivity contribution in [1.29, 1.82) is 5.41 Å². The molecular formula is C17H22N4O2. The molecule has 0 aliphatic carbocycles. The van der Waals surface area contributed by atoms with Gasteiger partial charge in [-0.2, -0.15) is 0 Å². The van der Waals surface area contributed by atoms with E-state index in [-0.39, 0.29) is 0 Å². The van der Waals surface area contributed by atoms with E-state index >= 15 is 0 Å². The van der Waals surface area contributed by atoms with Crippen molar-refractivity contribution in [1.82, 2.24) is 10.1 Å². The molecule has 0 amide bonds. The Morgan fingerprint density at radius 1 is 1.30 bits per heavy atom. The van der Waals surface area contributed by atoms with Gasteiger partial charge < -0.3 is 19.9 Å². The maximum atomic E-state index is 8.42. The Balaban J connectivity index is 1.88. The lowest BCUT2D eigenvalue weighted by Crippen LogP contribution is -2.35. The molecule has 0 bridgehead atoms. The minimum Gasteiger partial charge on any atom is -0.496 e. The third-order valence-corrected chi connectivity index (χ3v) is 4.18. The molecule has 3 rings (SSSR count). The highest BCUT2D eigenvalue weighted by atomic mass is 16.5. The van der Waals surface area contributed by atoms with Crippen LogP contribution in [0, 0.1) is 5.41 Å². The van der Waals surface area contributed by atoms with Crippen LogP contribution in [0.15, 0.2) is 28.8 Å². The van der Waals surface area contributed by atoms with E-state index in [9.17, 15) is 0 Å². The summed E-state index contributed by atoms with van der Waals surface area (Å²) in [5.41, 5.74) is 7.95. The fraction of sp³-hybridized carbons (Fsp3) is 0.412. The summed E-state index contributed by atoms with van der Waals surface area (Å²) in [5, 5.41) is 12.5. The van der Waals surface area contributed by atoms with E-state index in [1.54, 1.807) is 7.11 Å². The molecule has 0 atom stereocenters. The molecule has 0 saturated carbocycles. The topological polar surface area (TPSA) is 88.4 Å². The van der Waals surface area contributed by atoms with Gasteiger partial charge in [0.2, 0.25) is 0 Å². The molecular weight excluding hydrogens is 292 g/mol. The Bertz CT molecular complexity index is 690. The molecule has 1 saturated heterocycles. The average Bonchev–Trinajstić information content (AvgIpc) is 3.10. The molecule has 1 aliphatic heterocycles. The number of nitrogens with one attached hydrogen (secondary N) is 1. The minimum absolute atomic E-state index is 0.313. The molecule has 1 aromatic heterocycles. The molecule has 2 heterocycles. The normalized spacial score (nSPS) is 14.8. The van der Waals surface area contributed by atoms with Crippen LogP contribution in [0.3, 0.4) is 0 Å². The van der Waals surface area contributed by atoms with Gasteiger partial charge in [0, 0.05) is 30.3 Å². The van der Waals surface area contributed by atoms with Crippen molar-refractivity contribution in [2.45, 2.75) is 25.8 Å². The molecule has 1 aliphatic rings. The van der Waals surface area contributed by atoms with Gasteiger partial charge in [0.25, 0.3) is 0 Å². The lowest BCUT2D eigenvalue weighted by atomic mass is 10.0. The van der Waals surface area contributed by atoms with E-state index in [0.29, 0.717) is 29.6 Å².